The van der Waals surface area contributed by atoms with Crippen molar-refractivity contribution in [2.75, 3.05) is 6.61 Å². The van der Waals surface area contributed by atoms with E-state index in [0.29, 0.717) is 6.61 Å². The second kappa shape index (κ2) is 6.39. The summed E-state index contributed by atoms with van der Waals surface area (Å²) in [6.45, 7) is 10.3. The fraction of sp³-hybridized carbons (Fsp3) is 0.611. The van der Waals surface area contributed by atoms with E-state index in [9.17, 15) is 9.90 Å². The molecule has 0 radical (unpaired) electrons. The summed E-state index contributed by atoms with van der Waals surface area (Å²) < 4.78 is 5.20. The number of aliphatic hydroxyl groups excluding tert-OH is 1. The van der Waals surface area contributed by atoms with Gasteiger partial charge in [0.15, 0.2) is 0 Å². The number of hydrogen-bond acceptors (Lipinski definition) is 4. The summed E-state index contributed by atoms with van der Waals surface area (Å²) in [5, 5.41) is 14.2. The minimum absolute atomic E-state index is 0.198. The molecule has 1 saturated heterocycles. The van der Waals surface area contributed by atoms with Gasteiger partial charge in [-0.1, -0.05) is 45.0 Å². The van der Waals surface area contributed by atoms with Gasteiger partial charge in [-0.15, -0.1) is 0 Å². The smallest absolute Gasteiger partial charge is 0.323 e. The van der Waals surface area contributed by atoms with Gasteiger partial charge < -0.3 is 9.84 Å². The number of benzene rings is 1. The highest BCUT2D eigenvalue weighted by molar-refractivity contribution is 5.77. The van der Waals surface area contributed by atoms with Crippen molar-refractivity contribution in [3.63, 3.8) is 0 Å². The van der Waals surface area contributed by atoms with E-state index in [1.54, 1.807) is 6.92 Å². The number of nitrogens with one attached hydrogen (secondary N) is 1. The maximum absolute atomic E-state index is 12.3. The predicted octanol–water partition coefficient (Wildman–Crippen LogP) is 2.59. The Morgan fingerprint density at radius 1 is 1.32 bits per heavy atom. The van der Waals surface area contributed by atoms with Gasteiger partial charge in [0.05, 0.1) is 18.8 Å². The second-order valence-corrected chi connectivity index (χ2v) is 7.11. The third-order valence-electron chi connectivity index (χ3n) is 4.49. The molecule has 1 aliphatic rings. The standard InChI is InChI=1S/C18H27NO3/c1-6-22-17(21)15-13(18(3,4)5)16(20)14(19-15)12-10-8-7-9-11(12)2/h7-10,13-16,19-20H,6H2,1-5H3/t13-,14+,15+,16+/m1/s1. The van der Waals surface area contributed by atoms with Crippen LogP contribution in [0, 0.1) is 18.3 Å². The van der Waals surface area contributed by atoms with Crippen molar-refractivity contribution in [1.82, 2.24) is 5.32 Å². The molecule has 0 unspecified atom stereocenters. The summed E-state index contributed by atoms with van der Waals surface area (Å²) in [5.74, 6) is -0.478. The number of ether oxygens (including phenoxy) is 1. The normalized spacial score (nSPS) is 28.6. The fourth-order valence-electron chi connectivity index (χ4n) is 3.47. The van der Waals surface area contributed by atoms with Crippen molar-refractivity contribution in [1.29, 1.82) is 0 Å². The summed E-state index contributed by atoms with van der Waals surface area (Å²) in [4.78, 5) is 12.3. The van der Waals surface area contributed by atoms with E-state index in [1.807, 2.05) is 31.2 Å². The number of hydrogen-bond donors (Lipinski definition) is 2. The average Bonchev–Trinajstić information content (AvgIpc) is 2.77. The third kappa shape index (κ3) is 3.18. The minimum atomic E-state index is -0.629. The number of esters is 1. The molecule has 0 saturated carbocycles. The summed E-state index contributed by atoms with van der Waals surface area (Å²) in [6.07, 6.45) is -0.629. The van der Waals surface area contributed by atoms with Gasteiger partial charge in [-0.25, -0.2) is 0 Å². The molecule has 1 heterocycles. The molecule has 4 nitrogen and oxygen atoms in total. The summed E-state index contributed by atoms with van der Waals surface area (Å²) in [7, 11) is 0. The Hall–Kier alpha value is -1.39. The Labute approximate surface area is 132 Å². The van der Waals surface area contributed by atoms with Crippen molar-refractivity contribution in [3.8, 4) is 0 Å². The highest BCUT2D eigenvalue weighted by atomic mass is 16.5. The first-order valence-corrected chi connectivity index (χ1v) is 7.93. The molecule has 2 N–H and O–H groups in total. The lowest BCUT2D eigenvalue weighted by atomic mass is 9.73. The van der Waals surface area contributed by atoms with Crippen LogP contribution in [0.25, 0.3) is 0 Å². The van der Waals surface area contributed by atoms with E-state index in [-0.39, 0.29) is 23.3 Å². The van der Waals surface area contributed by atoms with Crippen LogP contribution in [-0.4, -0.2) is 29.8 Å². The highest BCUT2D eigenvalue weighted by Crippen LogP contribution is 2.42. The minimum Gasteiger partial charge on any atom is -0.465 e. The first-order valence-electron chi connectivity index (χ1n) is 7.93. The molecule has 0 amide bonds. The lowest BCUT2D eigenvalue weighted by molar-refractivity contribution is -0.148. The van der Waals surface area contributed by atoms with Crippen LogP contribution in [0.4, 0.5) is 0 Å². The second-order valence-electron chi connectivity index (χ2n) is 7.11. The summed E-state index contributed by atoms with van der Waals surface area (Å²) >= 11 is 0. The van der Waals surface area contributed by atoms with Crippen LogP contribution in [-0.2, 0) is 9.53 Å². The maximum Gasteiger partial charge on any atom is 0.323 e. The Kier molecular flexibility index (Phi) is 4.93. The van der Waals surface area contributed by atoms with E-state index < -0.39 is 12.1 Å². The van der Waals surface area contributed by atoms with E-state index >= 15 is 0 Å². The van der Waals surface area contributed by atoms with Gasteiger partial charge in [-0.05, 0) is 30.4 Å². The number of carbonyl (C=O) groups is 1. The zero-order valence-electron chi connectivity index (χ0n) is 14.1. The molecule has 122 valence electrons. The first-order chi connectivity index (χ1) is 10.3. The van der Waals surface area contributed by atoms with Crippen molar-refractivity contribution < 1.29 is 14.6 Å². The summed E-state index contributed by atoms with van der Waals surface area (Å²) in [5.41, 5.74) is 1.94. The van der Waals surface area contributed by atoms with Gasteiger partial charge in [0.1, 0.15) is 6.04 Å². The number of rotatable bonds is 3. The van der Waals surface area contributed by atoms with Crippen LogP contribution >= 0.6 is 0 Å². The van der Waals surface area contributed by atoms with Gasteiger partial charge in [-0.3, -0.25) is 10.1 Å². The third-order valence-corrected chi connectivity index (χ3v) is 4.49. The molecule has 22 heavy (non-hydrogen) atoms. The Morgan fingerprint density at radius 2 is 1.95 bits per heavy atom. The van der Waals surface area contributed by atoms with Gasteiger partial charge in [0, 0.05) is 5.92 Å². The van der Waals surface area contributed by atoms with Crippen LogP contribution in [0.2, 0.25) is 0 Å². The molecule has 4 atom stereocenters. The number of carbonyl (C=O) groups excluding carboxylic acids is 1. The van der Waals surface area contributed by atoms with Crippen molar-refractivity contribution in [2.45, 2.75) is 52.8 Å². The van der Waals surface area contributed by atoms with Crippen LogP contribution < -0.4 is 5.32 Å². The van der Waals surface area contributed by atoms with Gasteiger partial charge >= 0.3 is 5.97 Å². The van der Waals surface area contributed by atoms with Gasteiger partial charge in [0.25, 0.3) is 0 Å². The van der Waals surface area contributed by atoms with E-state index in [4.69, 9.17) is 4.74 Å². The highest BCUT2D eigenvalue weighted by Gasteiger charge is 2.51. The molecule has 1 aliphatic heterocycles. The molecular formula is C18H27NO3. The van der Waals surface area contributed by atoms with Crippen LogP contribution in [0.5, 0.6) is 0 Å². The van der Waals surface area contributed by atoms with Gasteiger partial charge in [-0.2, -0.15) is 0 Å². The van der Waals surface area contributed by atoms with Gasteiger partial charge in [0.2, 0.25) is 0 Å². The molecule has 1 aromatic rings. The SMILES string of the molecule is CCOC(=O)[C@H]1N[C@@H](c2ccccc2C)[C@@H](O)[C@@H]1C(C)(C)C. The van der Waals surface area contributed by atoms with Crippen molar-refractivity contribution >= 4 is 5.97 Å². The lowest BCUT2D eigenvalue weighted by Crippen LogP contribution is -2.43. The van der Waals surface area contributed by atoms with Crippen LogP contribution in [0.1, 0.15) is 44.9 Å². The zero-order chi connectivity index (χ0) is 16.5. The van der Waals surface area contributed by atoms with Crippen molar-refractivity contribution in [2.24, 2.45) is 11.3 Å². The number of aryl methyl sites for hydroxylation is 1. The first kappa shape index (κ1) is 17.0. The van der Waals surface area contributed by atoms with E-state index in [2.05, 4.69) is 26.1 Å². The number of aliphatic hydroxyl groups is 1. The molecule has 0 aromatic heterocycles. The average molecular weight is 305 g/mol. The molecular weight excluding hydrogens is 278 g/mol. The van der Waals surface area contributed by atoms with E-state index in [1.165, 1.54) is 0 Å². The fourth-order valence-corrected chi connectivity index (χ4v) is 3.47. The molecule has 1 aromatic carbocycles. The summed E-state index contributed by atoms with van der Waals surface area (Å²) in [6, 6.07) is 7.22. The topological polar surface area (TPSA) is 58.6 Å². The Bertz CT molecular complexity index is 535. The van der Waals surface area contributed by atoms with E-state index in [0.717, 1.165) is 11.1 Å². The molecule has 1 fully saturated rings. The Balaban J connectivity index is 2.36. The maximum atomic E-state index is 12.3. The predicted molar refractivity (Wildman–Crippen MR) is 86.4 cm³/mol. The monoisotopic (exact) mass is 305 g/mol. The molecule has 2 rings (SSSR count). The van der Waals surface area contributed by atoms with Crippen LogP contribution in [0.3, 0.4) is 0 Å². The molecule has 4 heteroatoms. The Morgan fingerprint density at radius 3 is 2.50 bits per heavy atom. The molecule has 0 spiro atoms. The van der Waals surface area contributed by atoms with Crippen LogP contribution in [0.15, 0.2) is 24.3 Å². The quantitative estimate of drug-likeness (QED) is 0.843. The molecule has 0 bridgehead atoms. The molecule has 0 aliphatic carbocycles. The zero-order valence-corrected chi connectivity index (χ0v) is 14.1. The largest absolute Gasteiger partial charge is 0.465 e. The lowest BCUT2D eigenvalue weighted by Gasteiger charge is -2.33. The van der Waals surface area contributed by atoms with Crippen molar-refractivity contribution in [3.05, 3.63) is 35.4 Å².